The zero-order valence-corrected chi connectivity index (χ0v) is 17.9. The van der Waals surface area contributed by atoms with Gasteiger partial charge in [0.25, 0.3) is 5.91 Å². The van der Waals surface area contributed by atoms with E-state index < -0.39 is 0 Å². The summed E-state index contributed by atoms with van der Waals surface area (Å²) in [6.45, 7) is 0.992. The molecule has 1 heterocycles. The predicted molar refractivity (Wildman–Crippen MR) is 123 cm³/mol. The van der Waals surface area contributed by atoms with E-state index in [0.717, 1.165) is 22.8 Å². The smallest absolute Gasteiger partial charge is 0.258 e. The summed E-state index contributed by atoms with van der Waals surface area (Å²) in [5.74, 6) is 1.50. The number of para-hydroxylation sites is 1. The first kappa shape index (κ1) is 20.7. The SMILES string of the molecule is COc1ccc(Cn2ccnc2CN(C(=O)c2ccc(Cl)cc2)c2ccccc2)cc1. The number of benzene rings is 3. The zero-order chi connectivity index (χ0) is 21.6. The van der Waals surface area contributed by atoms with E-state index in [-0.39, 0.29) is 5.91 Å². The van der Waals surface area contributed by atoms with Crippen LogP contribution in [-0.4, -0.2) is 22.6 Å². The molecule has 0 fully saturated rings. The van der Waals surface area contributed by atoms with Crippen LogP contribution in [0.3, 0.4) is 0 Å². The molecule has 0 aliphatic carbocycles. The number of carbonyl (C=O) groups excluding carboxylic acids is 1. The third-order valence-corrected chi connectivity index (χ3v) is 5.27. The van der Waals surface area contributed by atoms with Gasteiger partial charge in [-0.3, -0.25) is 4.79 Å². The van der Waals surface area contributed by atoms with Gasteiger partial charge < -0.3 is 14.2 Å². The molecule has 6 heteroatoms. The quantitative estimate of drug-likeness (QED) is 0.391. The molecule has 4 rings (SSSR count). The van der Waals surface area contributed by atoms with Crippen LogP contribution in [0.1, 0.15) is 21.7 Å². The molecule has 0 N–H and O–H groups in total. The largest absolute Gasteiger partial charge is 0.497 e. The third kappa shape index (κ3) is 4.95. The Hall–Kier alpha value is -3.57. The van der Waals surface area contributed by atoms with Crippen molar-refractivity contribution in [3.05, 3.63) is 113 Å². The van der Waals surface area contributed by atoms with Gasteiger partial charge in [0.2, 0.25) is 0 Å². The number of methoxy groups -OCH3 is 1. The average Bonchev–Trinajstić information content (AvgIpc) is 3.25. The highest BCUT2D eigenvalue weighted by Crippen LogP contribution is 2.21. The van der Waals surface area contributed by atoms with E-state index in [0.29, 0.717) is 23.7 Å². The van der Waals surface area contributed by atoms with Crippen molar-refractivity contribution in [2.24, 2.45) is 0 Å². The topological polar surface area (TPSA) is 47.4 Å². The lowest BCUT2D eigenvalue weighted by Gasteiger charge is -2.23. The van der Waals surface area contributed by atoms with Crippen LogP contribution in [0.4, 0.5) is 5.69 Å². The normalized spacial score (nSPS) is 10.6. The van der Waals surface area contributed by atoms with Crippen molar-refractivity contribution >= 4 is 23.2 Å². The second kappa shape index (κ2) is 9.49. The monoisotopic (exact) mass is 431 g/mol. The Morgan fingerprint density at radius 3 is 2.39 bits per heavy atom. The van der Waals surface area contributed by atoms with Crippen molar-refractivity contribution in [2.75, 3.05) is 12.0 Å². The number of hydrogen-bond acceptors (Lipinski definition) is 3. The fourth-order valence-electron chi connectivity index (χ4n) is 3.34. The first-order valence-corrected chi connectivity index (χ1v) is 10.3. The van der Waals surface area contributed by atoms with Gasteiger partial charge in [0, 0.05) is 35.2 Å². The molecular formula is C25H22ClN3O2. The maximum atomic E-state index is 13.4. The van der Waals surface area contributed by atoms with E-state index in [2.05, 4.69) is 4.98 Å². The Kier molecular flexibility index (Phi) is 6.34. The number of carbonyl (C=O) groups is 1. The van der Waals surface area contributed by atoms with Crippen LogP contribution in [0.5, 0.6) is 5.75 Å². The lowest BCUT2D eigenvalue weighted by atomic mass is 10.1. The maximum absolute atomic E-state index is 13.4. The molecular weight excluding hydrogens is 410 g/mol. The lowest BCUT2D eigenvalue weighted by molar-refractivity contribution is 0.0984. The van der Waals surface area contributed by atoms with Gasteiger partial charge in [0.15, 0.2) is 0 Å². The summed E-state index contributed by atoms with van der Waals surface area (Å²) in [5, 5.41) is 0.595. The molecule has 0 saturated carbocycles. The zero-order valence-electron chi connectivity index (χ0n) is 17.1. The molecule has 0 aliphatic rings. The molecule has 4 aromatic rings. The van der Waals surface area contributed by atoms with Crippen LogP contribution in [-0.2, 0) is 13.1 Å². The second-order valence-corrected chi connectivity index (χ2v) is 7.49. The molecule has 0 saturated heterocycles. The number of imidazole rings is 1. The number of hydrogen-bond donors (Lipinski definition) is 0. The van der Waals surface area contributed by atoms with Gasteiger partial charge in [-0.05, 0) is 54.1 Å². The molecule has 0 aliphatic heterocycles. The Bertz CT molecular complexity index is 1140. The van der Waals surface area contributed by atoms with Gasteiger partial charge in [0.05, 0.1) is 13.7 Å². The predicted octanol–water partition coefficient (Wildman–Crippen LogP) is 5.44. The number of nitrogens with zero attached hydrogens (tertiary/aromatic N) is 3. The van der Waals surface area contributed by atoms with Gasteiger partial charge >= 0.3 is 0 Å². The van der Waals surface area contributed by atoms with Crippen LogP contribution >= 0.6 is 11.6 Å². The van der Waals surface area contributed by atoms with Crippen LogP contribution in [0, 0.1) is 0 Å². The van der Waals surface area contributed by atoms with E-state index in [1.165, 1.54) is 0 Å². The van der Waals surface area contributed by atoms with Crippen molar-refractivity contribution in [1.29, 1.82) is 0 Å². The number of aromatic nitrogens is 2. The molecule has 0 bridgehead atoms. The van der Waals surface area contributed by atoms with Gasteiger partial charge in [-0.2, -0.15) is 0 Å². The van der Waals surface area contributed by atoms with E-state index >= 15 is 0 Å². The molecule has 1 aromatic heterocycles. The van der Waals surface area contributed by atoms with Crippen LogP contribution in [0.2, 0.25) is 5.02 Å². The van der Waals surface area contributed by atoms with Crippen molar-refractivity contribution in [3.8, 4) is 5.75 Å². The highest BCUT2D eigenvalue weighted by Gasteiger charge is 2.20. The molecule has 0 radical (unpaired) electrons. The Labute approximate surface area is 186 Å². The van der Waals surface area contributed by atoms with Crippen molar-refractivity contribution in [1.82, 2.24) is 9.55 Å². The number of rotatable bonds is 7. The minimum atomic E-state index is -0.109. The molecule has 31 heavy (non-hydrogen) atoms. The molecule has 5 nitrogen and oxygen atoms in total. The summed E-state index contributed by atoms with van der Waals surface area (Å²) >= 11 is 6.00. The summed E-state index contributed by atoms with van der Waals surface area (Å²) in [7, 11) is 1.65. The van der Waals surface area contributed by atoms with Gasteiger partial charge in [0.1, 0.15) is 11.6 Å². The summed E-state index contributed by atoms with van der Waals surface area (Å²) in [4.78, 5) is 19.6. The van der Waals surface area contributed by atoms with Crippen molar-refractivity contribution in [2.45, 2.75) is 13.1 Å². The van der Waals surface area contributed by atoms with E-state index in [4.69, 9.17) is 16.3 Å². The Morgan fingerprint density at radius 1 is 1.00 bits per heavy atom. The van der Waals surface area contributed by atoms with Gasteiger partial charge in [-0.1, -0.05) is 41.9 Å². The first-order chi connectivity index (χ1) is 15.1. The van der Waals surface area contributed by atoms with E-state index in [1.807, 2.05) is 65.4 Å². The fourth-order valence-corrected chi connectivity index (χ4v) is 3.47. The molecule has 3 aromatic carbocycles. The number of anilines is 1. The van der Waals surface area contributed by atoms with Crippen LogP contribution in [0.15, 0.2) is 91.3 Å². The average molecular weight is 432 g/mol. The minimum absolute atomic E-state index is 0.109. The highest BCUT2D eigenvalue weighted by atomic mass is 35.5. The number of ether oxygens (including phenoxy) is 1. The molecule has 1 amide bonds. The molecule has 0 unspecified atom stereocenters. The summed E-state index contributed by atoms with van der Waals surface area (Å²) in [6, 6.07) is 24.5. The van der Waals surface area contributed by atoms with Gasteiger partial charge in [-0.15, -0.1) is 0 Å². The Balaban J connectivity index is 1.61. The van der Waals surface area contributed by atoms with Crippen molar-refractivity contribution in [3.63, 3.8) is 0 Å². The summed E-state index contributed by atoms with van der Waals surface area (Å²) < 4.78 is 7.28. The van der Waals surface area contributed by atoms with Gasteiger partial charge in [-0.25, -0.2) is 4.98 Å². The molecule has 0 atom stereocenters. The van der Waals surface area contributed by atoms with Crippen LogP contribution < -0.4 is 9.64 Å². The number of halogens is 1. The lowest BCUT2D eigenvalue weighted by Crippen LogP contribution is -2.31. The molecule has 156 valence electrons. The fraction of sp³-hybridized carbons (Fsp3) is 0.120. The standard InChI is InChI=1S/C25H22ClN3O2/c1-31-23-13-7-19(8-14-23)17-28-16-15-27-24(28)18-29(22-5-3-2-4-6-22)25(30)20-9-11-21(26)12-10-20/h2-16H,17-18H2,1H3. The number of amides is 1. The maximum Gasteiger partial charge on any atom is 0.258 e. The van der Waals surface area contributed by atoms with E-state index in [1.54, 1.807) is 42.5 Å². The molecule has 0 spiro atoms. The van der Waals surface area contributed by atoms with Crippen molar-refractivity contribution < 1.29 is 9.53 Å². The minimum Gasteiger partial charge on any atom is -0.497 e. The summed E-state index contributed by atoms with van der Waals surface area (Å²) in [5.41, 5.74) is 2.50. The highest BCUT2D eigenvalue weighted by molar-refractivity contribution is 6.30. The first-order valence-electron chi connectivity index (χ1n) is 9.89. The second-order valence-electron chi connectivity index (χ2n) is 7.05. The summed E-state index contributed by atoms with van der Waals surface area (Å²) in [6.07, 6.45) is 3.68. The van der Waals surface area contributed by atoms with Crippen LogP contribution in [0.25, 0.3) is 0 Å². The Morgan fingerprint density at radius 2 is 1.71 bits per heavy atom. The van der Waals surface area contributed by atoms with E-state index in [9.17, 15) is 4.79 Å². The third-order valence-electron chi connectivity index (χ3n) is 5.02.